The predicted molar refractivity (Wildman–Crippen MR) is 80.7 cm³/mol. The minimum Gasteiger partial charge on any atom is -0.489 e. The van der Waals surface area contributed by atoms with Gasteiger partial charge in [-0.05, 0) is 30.0 Å². The highest BCUT2D eigenvalue weighted by atomic mass is 35.5. The molecule has 1 N–H and O–H groups in total. The quantitative estimate of drug-likeness (QED) is 0.877. The lowest BCUT2D eigenvalue weighted by atomic mass is 10.00. The first-order valence-electron chi connectivity index (χ1n) is 7.35. The molecule has 1 unspecified atom stereocenters. The Hall–Kier alpha value is -0.930. The van der Waals surface area contributed by atoms with E-state index in [1.165, 1.54) is 0 Å². The molecule has 0 radical (unpaired) electrons. The fourth-order valence-electron chi connectivity index (χ4n) is 2.33. The van der Waals surface area contributed by atoms with Gasteiger partial charge in [-0.3, -0.25) is 0 Å². The van der Waals surface area contributed by atoms with Crippen LogP contribution in [0.3, 0.4) is 0 Å². The first kappa shape index (κ1) is 15.5. The van der Waals surface area contributed by atoms with Crippen molar-refractivity contribution in [3.05, 3.63) is 22.7 Å². The van der Waals surface area contributed by atoms with Gasteiger partial charge in [0.15, 0.2) is 11.5 Å². The lowest BCUT2D eigenvalue weighted by Crippen LogP contribution is -2.01. The standard InChI is InChI=1S/C16H23ClO3/c1-11(2)5-3-6-14(18)12-9-13(17)16-15(10-12)19-7-4-8-20-16/h9-11,14,18H,3-8H2,1-2H3. The number of hydrogen-bond acceptors (Lipinski definition) is 3. The molecule has 0 saturated heterocycles. The summed E-state index contributed by atoms with van der Waals surface area (Å²) in [6, 6.07) is 3.64. The van der Waals surface area contributed by atoms with Crippen molar-refractivity contribution in [3.8, 4) is 11.5 Å². The highest BCUT2D eigenvalue weighted by Crippen LogP contribution is 2.40. The lowest BCUT2D eigenvalue weighted by molar-refractivity contribution is 0.161. The Labute approximate surface area is 125 Å². The van der Waals surface area contributed by atoms with Gasteiger partial charge in [-0.25, -0.2) is 0 Å². The predicted octanol–water partition coefficient (Wildman–Crippen LogP) is 4.36. The third-order valence-electron chi connectivity index (χ3n) is 3.47. The topological polar surface area (TPSA) is 38.7 Å². The van der Waals surface area contributed by atoms with E-state index in [1.807, 2.05) is 6.07 Å². The van der Waals surface area contributed by atoms with Crippen LogP contribution in [-0.4, -0.2) is 18.3 Å². The van der Waals surface area contributed by atoms with Gasteiger partial charge in [0.25, 0.3) is 0 Å². The molecule has 4 heteroatoms. The summed E-state index contributed by atoms with van der Waals surface area (Å²) >= 11 is 6.23. The third-order valence-corrected chi connectivity index (χ3v) is 3.75. The third kappa shape index (κ3) is 4.03. The van der Waals surface area contributed by atoms with E-state index in [0.717, 1.165) is 31.2 Å². The minimum atomic E-state index is -0.497. The molecule has 112 valence electrons. The number of halogens is 1. The average Bonchev–Trinajstić information content (AvgIpc) is 2.63. The molecule has 0 bridgehead atoms. The van der Waals surface area contributed by atoms with Crippen molar-refractivity contribution < 1.29 is 14.6 Å². The molecule has 3 nitrogen and oxygen atoms in total. The summed E-state index contributed by atoms with van der Waals surface area (Å²) in [5.74, 6) is 1.91. The van der Waals surface area contributed by atoms with Crippen LogP contribution in [0.25, 0.3) is 0 Å². The Morgan fingerprint density at radius 1 is 1.20 bits per heavy atom. The van der Waals surface area contributed by atoms with Gasteiger partial charge < -0.3 is 14.6 Å². The Bertz CT molecular complexity index is 446. The maximum absolute atomic E-state index is 10.3. The molecular formula is C16H23ClO3. The van der Waals surface area contributed by atoms with Crippen molar-refractivity contribution in [1.29, 1.82) is 0 Å². The molecule has 1 aromatic rings. The molecule has 0 amide bonds. The molecule has 0 aromatic heterocycles. The lowest BCUT2D eigenvalue weighted by Gasteiger charge is -2.16. The summed E-state index contributed by atoms with van der Waals surface area (Å²) in [4.78, 5) is 0. The van der Waals surface area contributed by atoms with Gasteiger partial charge in [0, 0.05) is 6.42 Å². The van der Waals surface area contributed by atoms with E-state index in [9.17, 15) is 5.11 Å². The number of aliphatic hydroxyl groups excluding tert-OH is 1. The van der Waals surface area contributed by atoms with Crippen molar-refractivity contribution in [3.63, 3.8) is 0 Å². The Kier molecular flexibility index (Phi) is 5.55. The van der Waals surface area contributed by atoms with Crippen LogP contribution in [0.4, 0.5) is 0 Å². The van der Waals surface area contributed by atoms with E-state index >= 15 is 0 Å². The molecule has 1 aliphatic rings. The van der Waals surface area contributed by atoms with Crippen LogP contribution in [0.1, 0.15) is 51.2 Å². The molecule has 1 heterocycles. The van der Waals surface area contributed by atoms with Crippen molar-refractivity contribution in [2.45, 2.75) is 45.6 Å². The molecule has 0 aliphatic carbocycles. The molecule has 20 heavy (non-hydrogen) atoms. The van der Waals surface area contributed by atoms with E-state index in [-0.39, 0.29) is 0 Å². The summed E-state index contributed by atoms with van der Waals surface area (Å²) in [6.45, 7) is 5.62. The fraction of sp³-hybridized carbons (Fsp3) is 0.625. The highest BCUT2D eigenvalue weighted by Gasteiger charge is 2.18. The van der Waals surface area contributed by atoms with Crippen LogP contribution in [0, 0.1) is 5.92 Å². The maximum Gasteiger partial charge on any atom is 0.179 e. The van der Waals surface area contributed by atoms with Gasteiger partial charge in [0.05, 0.1) is 24.3 Å². The van der Waals surface area contributed by atoms with Crippen LogP contribution in [0.2, 0.25) is 5.02 Å². The summed E-state index contributed by atoms with van der Waals surface area (Å²) in [7, 11) is 0. The summed E-state index contributed by atoms with van der Waals surface area (Å²) in [6.07, 6.45) is 3.22. The Morgan fingerprint density at radius 3 is 2.70 bits per heavy atom. The largest absolute Gasteiger partial charge is 0.489 e. The number of ether oxygens (including phenoxy) is 2. The second kappa shape index (κ2) is 7.19. The van der Waals surface area contributed by atoms with Crippen LogP contribution in [0.15, 0.2) is 12.1 Å². The molecule has 0 spiro atoms. The first-order valence-corrected chi connectivity index (χ1v) is 7.73. The van der Waals surface area contributed by atoms with E-state index in [1.54, 1.807) is 6.07 Å². The summed E-state index contributed by atoms with van der Waals surface area (Å²) in [5.41, 5.74) is 0.808. The van der Waals surface area contributed by atoms with Gasteiger partial charge in [-0.2, -0.15) is 0 Å². The molecule has 1 atom stereocenters. The van der Waals surface area contributed by atoms with Crippen molar-refractivity contribution >= 4 is 11.6 Å². The number of rotatable bonds is 5. The zero-order valence-electron chi connectivity index (χ0n) is 12.2. The van der Waals surface area contributed by atoms with Crippen molar-refractivity contribution in [2.24, 2.45) is 5.92 Å². The van der Waals surface area contributed by atoms with Crippen molar-refractivity contribution in [2.75, 3.05) is 13.2 Å². The highest BCUT2D eigenvalue weighted by molar-refractivity contribution is 6.32. The maximum atomic E-state index is 10.3. The zero-order chi connectivity index (χ0) is 14.5. The van der Waals surface area contributed by atoms with Crippen LogP contribution in [0.5, 0.6) is 11.5 Å². The molecule has 0 fully saturated rings. The molecule has 1 aromatic carbocycles. The monoisotopic (exact) mass is 298 g/mol. The van der Waals surface area contributed by atoms with Gasteiger partial charge >= 0.3 is 0 Å². The van der Waals surface area contributed by atoms with E-state index < -0.39 is 6.10 Å². The number of benzene rings is 1. The zero-order valence-corrected chi connectivity index (χ0v) is 12.9. The average molecular weight is 299 g/mol. The van der Waals surface area contributed by atoms with Gasteiger partial charge in [-0.15, -0.1) is 0 Å². The first-order chi connectivity index (χ1) is 9.58. The van der Waals surface area contributed by atoms with Gasteiger partial charge in [-0.1, -0.05) is 38.3 Å². The van der Waals surface area contributed by atoms with E-state index in [4.69, 9.17) is 21.1 Å². The van der Waals surface area contributed by atoms with Crippen molar-refractivity contribution in [1.82, 2.24) is 0 Å². The normalized spacial score (nSPS) is 16.1. The molecular weight excluding hydrogens is 276 g/mol. The number of fused-ring (bicyclic) bond motifs is 1. The molecule has 2 rings (SSSR count). The summed E-state index contributed by atoms with van der Waals surface area (Å²) in [5, 5.41) is 10.8. The Morgan fingerprint density at radius 2 is 1.95 bits per heavy atom. The Balaban J connectivity index is 2.08. The van der Waals surface area contributed by atoms with Crippen LogP contribution < -0.4 is 9.47 Å². The van der Waals surface area contributed by atoms with Crippen LogP contribution in [-0.2, 0) is 0 Å². The SMILES string of the molecule is CC(C)CCCC(O)c1cc(Cl)c2c(c1)OCCCO2. The number of aliphatic hydroxyl groups is 1. The second-order valence-electron chi connectivity index (χ2n) is 5.72. The van der Waals surface area contributed by atoms with Crippen LogP contribution >= 0.6 is 11.6 Å². The second-order valence-corrected chi connectivity index (χ2v) is 6.13. The van der Waals surface area contributed by atoms with Gasteiger partial charge in [0.2, 0.25) is 0 Å². The minimum absolute atomic E-state index is 0.497. The molecule has 1 aliphatic heterocycles. The molecule has 0 saturated carbocycles. The van der Waals surface area contributed by atoms with E-state index in [2.05, 4.69) is 13.8 Å². The smallest absolute Gasteiger partial charge is 0.179 e. The van der Waals surface area contributed by atoms with Gasteiger partial charge in [0.1, 0.15) is 0 Å². The van der Waals surface area contributed by atoms with E-state index in [0.29, 0.717) is 35.7 Å². The summed E-state index contributed by atoms with van der Waals surface area (Å²) < 4.78 is 11.2. The fourth-order valence-corrected chi connectivity index (χ4v) is 2.60. The number of hydrogen-bond donors (Lipinski definition) is 1.